The minimum atomic E-state index is -0.715. The predicted octanol–water partition coefficient (Wildman–Crippen LogP) is 6.86. The first-order valence-electron chi connectivity index (χ1n) is 32.8. The number of carbonyl (C=O) groups is 12. The van der Waals surface area contributed by atoms with Crippen LogP contribution in [0.25, 0.3) is 0 Å². The van der Waals surface area contributed by atoms with Crippen molar-refractivity contribution in [2.45, 2.75) is 223 Å². The van der Waals surface area contributed by atoms with E-state index in [9.17, 15) is 57.5 Å². The first-order valence-corrected chi connectivity index (χ1v) is 32.8. The van der Waals surface area contributed by atoms with Crippen LogP contribution in [0.1, 0.15) is 174 Å². The molecule has 8 aliphatic carbocycles. The standard InChI is InChI=1S/C18H26O6.2C17H24O6.C15H20O6/c1-6-17(2,3)16(21)22-8-11(19)23-13-10-7-9-12(18(10,4)5)14(13)24-15(9)20;1-5-16(2,3)15(20)21-8-11(18)22-13-12-9-6-17(13,4)7-10(9)14(19)23-12;1-5-16(2,3)15(20)21-8-12(18)22-13-9-6-10-11(7-9)17(13,4)23-14(10)19;1-3-7(2)14(17)19-6-11(16)20-12-8-4-9-10(5-8)15(18)21-13(9)12/h9-10,12-14H,6-8H2,1-5H3;9-10,12-13H,5-8H2,1-4H3;9-11,13H,5-8H2,1-4H3;7-10,12-13H,3-6H2,1-2H3. The number of ether oxygens (including phenoxy) is 12. The van der Waals surface area contributed by atoms with E-state index >= 15 is 0 Å². The molecule has 12 rings (SSSR count). The maximum atomic E-state index is 12.1. The van der Waals surface area contributed by atoms with Crippen LogP contribution in [0.3, 0.4) is 0 Å². The van der Waals surface area contributed by atoms with E-state index in [1.54, 1.807) is 48.5 Å². The van der Waals surface area contributed by atoms with E-state index in [0.29, 0.717) is 38.5 Å². The molecule has 12 fully saturated rings. The maximum absolute atomic E-state index is 12.1. The lowest BCUT2D eigenvalue weighted by atomic mass is 9.79. The number of esters is 12. The van der Waals surface area contributed by atoms with E-state index in [2.05, 4.69) is 13.8 Å². The Kier molecular flexibility index (Phi) is 19.3. The molecule has 0 amide bonds. The van der Waals surface area contributed by atoms with Crippen molar-refractivity contribution >= 4 is 71.6 Å². The van der Waals surface area contributed by atoms with Crippen molar-refractivity contribution in [2.24, 2.45) is 98.1 Å². The smallest absolute Gasteiger partial charge is 0.344 e. The SMILES string of the molecule is CCC(C)(C)C(=O)OCC(=O)OC1C2CC3C(=O)OC1(C)C3C2.CCC(C)(C)C(=O)OCC(=O)OC1C2OC(=O)C3CC1(C)CC32.CCC(C)(C)C(=O)OCC(=O)OC1C2OC(=O)C3CC1C(C)(C)C32.CCC(C)C(=O)OCC(=O)OC1C2CC3C(=O)OC1C3C2. The van der Waals surface area contributed by atoms with E-state index in [1.165, 1.54) is 0 Å². The molecule has 24 heteroatoms. The monoisotopic (exact) mass is 1280 g/mol. The van der Waals surface area contributed by atoms with Gasteiger partial charge in [0.2, 0.25) is 0 Å². The third-order valence-corrected chi connectivity index (χ3v) is 23.3. The van der Waals surface area contributed by atoms with Gasteiger partial charge < -0.3 is 56.8 Å². The van der Waals surface area contributed by atoms with Gasteiger partial charge in [-0.05, 0) is 125 Å². The molecule has 21 unspecified atom stereocenters. The zero-order chi connectivity index (χ0) is 67.0. The molecular weight excluding hydrogens is 1190 g/mol. The highest BCUT2D eigenvalue weighted by atomic mass is 16.6. The van der Waals surface area contributed by atoms with E-state index < -0.39 is 108 Å². The molecule has 8 bridgehead atoms. The van der Waals surface area contributed by atoms with Crippen LogP contribution in [-0.4, -0.2) is 146 Å². The van der Waals surface area contributed by atoms with Crippen molar-refractivity contribution < 1.29 is 114 Å². The minimum Gasteiger partial charge on any atom is -0.458 e. The van der Waals surface area contributed by atoms with Gasteiger partial charge in [0.1, 0.15) is 48.3 Å². The molecule has 24 nitrogen and oxygen atoms in total. The summed E-state index contributed by atoms with van der Waals surface area (Å²) in [5.74, 6) is -3.91. The number of hydrogen-bond acceptors (Lipinski definition) is 24. The van der Waals surface area contributed by atoms with E-state index in [-0.39, 0.29) is 137 Å². The van der Waals surface area contributed by atoms with Gasteiger partial charge in [-0.3, -0.25) is 38.4 Å². The van der Waals surface area contributed by atoms with Gasteiger partial charge in [-0.15, -0.1) is 0 Å². The van der Waals surface area contributed by atoms with Crippen LogP contribution >= 0.6 is 0 Å². The number of hydrogen-bond donors (Lipinski definition) is 0. The lowest BCUT2D eigenvalue weighted by Gasteiger charge is -2.34. The maximum Gasteiger partial charge on any atom is 0.344 e. The van der Waals surface area contributed by atoms with Gasteiger partial charge in [0.25, 0.3) is 0 Å². The van der Waals surface area contributed by atoms with Crippen LogP contribution < -0.4 is 0 Å². The quantitative estimate of drug-likeness (QED) is 0.0887. The molecule has 0 radical (unpaired) electrons. The summed E-state index contributed by atoms with van der Waals surface area (Å²) in [4.78, 5) is 142. The fourth-order valence-corrected chi connectivity index (χ4v) is 16.5. The molecule has 8 saturated carbocycles. The van der Waals surface area contributed by atoms with Crippen molar-refractivity contribution in [1.82, 2.24) is 0 Å². The first-order chi connectivity index (χ1) is 42.5. The number of rotatable bonds is 20. The summed E-state index contributed by atoms with van der Waals surface area (Å²) in [6, 6.07) is 0. The molecular formula is C67H94O24. The summed E-state index contributed by atoms with van der Waals surface area (Å²) in [6.45, 7) is 26.5. The molecule has 4 saturated heterocycles. The lowest BCUT2D eigenvalue weighted by Crippen LogP contribution is -2.46. The third kappa shape index (κ3) is 12.9. The van der Waals surface area contributed by atoms with Crippen LogP contribution in [0, 0.1) is 98.1 Å². The lowest BCUT2D eigenvalue weighted by molar-refractivity contribution is -0.181. The summed E-state index contributed by atoms with van der Waals surface area (Å²) < 4.78 is 63.8. The number of carbonyl (C=O) groups excluding carboxylic acids is 12. The van der Waals surface area contributed by atoms with Gasteiger partial charge in [0, 0.05) is 46.8 Å². The second-order valence-electron chi connectivity index (χ2n) is 30.5. The van der Waals surface area contributed by atoms with Gasteiger partial charge in [-0.2, -0.15) is 0 Å². The third-order valence-electron chi connectivity index (χ3n) is 23.3. The van der Waals surface area contributed by atoms with Crippen molar-refractivity contribution in [3.05, 3.63) is 0 Å². The Morgan fingerprint density at radius 1 is 0.484 bits per heavy atom. The van der Waals surface area contributed by atoms with Crippen molar-refractivity contribution in [3.63, 3.8) is 0 Å². The van der Waals surface area contributed by atoms with Gasteiger partial charge in [0.15, 0.2) is 26.4 Å². The average Bonchev–Trinajstić information content (AvgIpc) is 1.55. The molecule has 0 aromatic carbocycles. The summed E-state index contributed by atoms with van der Waals surface area (Å²) in [5.41, 5.74) is -2.88. The number of fused-ring (bicyclic) bond motifs is 4. The van der Waals surface area contributed by atoms with Crippen LogP contribution in [0.5, 0.6) is 0 Å². The van der Waals surface area contributed by atoms with E-state index in [1.807, 2.05) is 41.5 Å². The van der Waals surface area contributed by atoms with Crippen LogP contribution in [0.4, 0.5) is 0 Å². The minimum absolute atomic E-state index is 0.00168. The molecule has 91 heavy (non-hydrogen) atoms. The zero-order valence-electron chi connectivity index (χ0n) is 55.4. The largest absolute Gasteiger partial charge is 0.458 e. The Morgan fingerprint density at radius 2 is 0.956 bits per heavy atom. The second-order valence-corrected chi connectivity index (χ2v) is 30.5. The highest BCUT2D eigenvalue weighted by molar-refractivity contribution is 5.84. The van der Waals surface area contributed by atoms with Crippen molar-refractivity contribution in [2.75, 3.05) is 26.4 Å². The Bertz CT molecular complexity index is 2880. The van der Waals surface area contributed by atoms with E-state index in [4.69, 9.17) is 56.8 Å². The Labute approximate surface area is 531 Å². The molecule has 506 valence electrons. The highest BCUT2D eigenvalue weighted by Crippen LogP contribution is 2.66. The predicted molar refractivity (Wildman–Crippen MR) is 312 cm³/mol. The second kappa shape index (κ2) is 25.5. The van der Waals surface area contributed by atoms with Crippen LogP contribution in [-0.2, 0) is 114 Å². The van der Waals surface area contributed by atoms with Crippen LogP contribution in [0.15, 0.2) is 0 Å². The van der Waals surface area contributed by atoms with Gasteiger partial charge in [0.05, 0.1) is 45.8 Å². The van der Waals surface area contributed by atoms with Gasteiger partial charge >= 0.3 is 71.6 Å². The summed E-state index contributed by atoms with van der Waals surface area (Å²) in [5, 5.41) is 0. The molecule has 0 aromatic rings. The van der Waals surface area contributed by atoms with Crippen LogP contribution in [0.2, 0.25) is 0 Å². The zero-order valence-corrected chi connectivity index (χ0v) is 55.4. The fourth-order valence-electron chi connectivity index (χ4n) is 16.5. The fraction of sp³-hybridized carbons (Fsp3) is 0.821. The topological polar surface area (TPSA) is 316 Å². The molecule has 0 spiro atoms. The average molecular weight is 1280 g/mol. The van der Waals surface area contributed by atoms with E-state index in [0.717, 1.165) is 32.1 Å². The molecule has 12 aliphatic rings. The molecule has 4 heterocycles. The summed E-state index contributed by atoms with van der Waals surface area (Å²) in [6.07, 6.45) is 5.34. The molecule has 0 N–H and O–H groups in total. The van der Waals surface area contributed by atoms with Crippen molar-refractivity contribution in [3.8, 4) is 0 Å². The normalized spacial score (nSPS) is 37.0. The highest BCUT2D eigenvalue weighted by Gasteiger charge is 2.73. The Morgan fingerprint density at radius 3 is 1.51 bits per heavy atom. The van der Waals surface area contributed by atoms with Crippen molar-refractivity contribution in [1.29, 1.82) is 0 Å². The molecule has 0 aromatic heterocycles. The first kappa shape index (κ1) is 69.0. The molecule has 4 aliphatic heterocycles. The summed E-state index contributed by atoms with van der Waals surface area (Å²) >= 11 is 0. The Hall–Kier alpha value is -6.36. The molecule has 21 atom stereocenters. The van der Waals surface area contributed by atoms with Gasteiger partial charge in [-0.25, -0.2) is 19.2 Å². The Balaban J connectivity index is 0.000000144. The summed E-state index contributed by atoms with van der Waals surface area (Å²) in [7, 11) is 0. The van der Waals surface area contributed by atoms with Gasteiger partial charge in [-0.1, -0.05) is 55.4 Å².